The highest BCUT2D eigenvalue weighted by Crippen LogP contribution is 2.21. The zero-order chi connectivity index (χ0) is 16.8. The molecule has 3 aromatic rings. The first-order valence-electron chi connectivity index (χ1n) is 7.59. The highest BCUT2D eigenvalue weighted by molar-refractivity contribution is 7.13. The second kappa shape index (κ2) is 8.08. The van der Waals surface area contributed by atoms with Crippen molar-refractivity contribution in [3.05, 3.63) is 58.3 Å². The van der Waals surface area contributed by atoms with E-state index in [2.05, 4.69) is 15.5 Å². The lowest BCUT2D eigenvalue weighted by Gasteiger charge is -2.04. The highest BCUT2D eigenvalue weighted by atomic mass is 35.5. The van der Waals surface area contributed by atoms with Crippen LogP contribution in [0.25, 0.3) is 10.7 Å². The van der Waals surface area contributed by atoms with Crippen LogP contribution in [0.3, 0.4) is 0 Å². The molecule has 0 aliphatic rings. The first-order valence-corrected chi connectivity index (χ1v) is 8.84. The quantitative estimate of drug-likeness (QED) is 0.688. The van der Waals surface area contributed by atoms with Crippen LogP contribution in [-0.2, 0) is 17.8 Å². The van der Waals surface area contributed by atoms with Crippen molar-refractivity contribution < 1.29 is 9.32 Å². The Balaban J connectivity index is 1.42. The zero-order valence-corrected chi connectivity index (χ0v) is 14.4. The smallest absolute Gasteiger partial charge is 0.246 e. The average molecular weight is 362 g/mol. The lowest BCUT2D eigenvalue weighted by molar-refractivity contribution is -0.121. The molecule has 5 nitrogen and oxygen atoms in total. The summed E-state index contributed by atoms with van der Waals surface area (Å²) in [5, 5.41) is 9.39. The summed E-state index contributed by atoms with van der Waals surface area (Å²) < 4.78 is 5.14. The van der Waals surface area contributed by atoms with Crippen LogP contribution < -0.4 is 5.32 Å². The maximum atomic E-state index is 11.9. The maximum Gasteiger partial charge on any atom is 0.246 e. The topological polar surface area (TPSA) is 68.0 Å². The minimum atomic E-state index is -0.0436. The second-order valence-electron chi connectivity index (χ2n) is 5.21. The number of nitrogens with one attached hydrogen (secondary N) is 1. The molecule has 7 heteroatoms. The molecule has 3 rings (SSSR count). The van der Waals surface area contributed by atoms with E-state index in [4.69, 9.17) is 16.1 Å². The van der Waals surface area contributed by atoms with Crippen molar-refractivity contribution in [1.29, 1.82) is 0 Å². The molecular formula is C17H16ClN3O2S. The third-order valence-corrected chi connectivity index (χ3v) is 4.69. The van der Waals surface area contributed by atoms with Crippen LogP contribution in [0.4, 0.5) is 0 Å². The van der Waals surface area contributed by atoms with E-state index < -0.39 is 0 Å². The lowest BCUT2D eigenvalue weighted by atomic mass is 10.1. The van der Waals surface area contributed by atoms with Gasteiger partial charge in [0.25, 0.3) is 0 Å². The SMILES string of the molecule is O=C(CCCc1ccccc1Cl)NCc1nc(-c2cccs2)no1. The summed E-state index contributed by atoms with van der Waals surface area (Å²) in [6.45, 7) is 0.239. The third-order valence-electron chi connectivity index (χ3n) is 3.45. The average Bonchev–Trinajstić information content (AvgIpc) is 3.26. The molecule has 24 heavy (non-hydrogen) atoms. The van der Waals surface area contributed by atoms with E-state index in [1.807, 2.05) is 41.8 Å². The molecule has 1 N–H and O–H groups in total. The Morgan fingerprint density at radius 2 is 2.12 bits per heavy atom. The Labute approximate surface area is 148 Å². The van der Waals surface area contributed by atoms with Crippen LogP contribution in [-0.4, -0.2) is 16.0 Å². The predicted molar refractivity (Wildman–Crippen MR) is 93.8 cm³/mol. The van der Waals surface area contributed by atoms with Gasteiger partial charge in [-0.05, 0) is 35.9 Å². The number of halogens is 1. The molecule has 0 saturated carbocycles. The van der Waals surface area contributed by atoms with Crippen molar-refractivity contribution in [3.8, 4) is 10.7 Å². The Bertz CT molecular complexity index is 802. The standard InChI is InChI=1S/C17H16ClN3O2S/c18-13-7-2-1-5-12(13)6-3-9-15(22)19-11-16-20-17(21-23-16)14-8-4-10-24-14/h1-2,4-5,7-8,10H,3,6,9,11H2,(H,19,22). The van der Waals surface area contributed by atoms with Gasteiger partial charge in [-0.1, -0.05) is 41.0 Å². The number of aromatic nitrogens is 2. The van der Waals surface area contributed by atoms with Gasteiger partial charge in [-0.15, -0.1) is 11.3 Å². The van der Waals surface area contributed by atoms with Gasteiger partial charge in [-0.25, -0.2) is 0 Å². The molecular weight excluding hydrogens is 346 g/mol. The van der Waals surface area contributed by atoms with E-state index in [0.29, 0.717) is 18.1 Å². The van der Waals surface area contributed by atoms with E-state index in [9.17, 15) is 4.79 Å². The Kier molecular flexibility index (Phi) is 5.61. The lowest BCUT2D eigenvalue weighted by Crippen LogP contribution is -2.22. The van der Waals surface area contributed by atoms with Crippen molar-refractivity contribution >= 4 is 28.8 Å². The third kappa shape index (κ3) is 4.43. The van der Waals surface area contributed by atoms with Crippen LogP contribution in [0.2, 0.25) is 5.02 Å². The molecule has 1 amide bonds. The molecule has 0 bridgehead atoms. The van der Waals surface area contributed by atoms with Gasteiger partial charge in [0.15, 0.2) is 0 Å². The van der Waals surface area contributed by atoms with Gasteiger partial charge in [0.2, 0.25) is 17.6 Å². The fourth-order valence-corrected chi connectivity index (χ4v) is 3.12. The summed E-state index contributed by atoms with van der Waals surface area (Å²) in [4.78, 5) is 17.1. The van der Waals surface area contributed by atoms with Gasteiger partial charge in [0, 0.05) is 11.4 Å². The summed E-state index contributed by atoms with van der Waals surface area (Å²) in [7, 11) is 0. The summed E-state index contributed by atoms with van der Waals surface area (Å²) in [5.41, 5.74) is 1.06. The second-order valence-corrected chi connectivity index (χ2v) is 6.57. The van der Waals surface area contributed by atoms with Crippen LogP contribution in [0.15, 0.2) is 46.3 Å². The number of aryl methyl sites for hydroxylation is 1. The molecule has 0 radical (unpaired) electrons. The van der Waals surface area contributed by atoms with Gasteiger partial charge >= 0.3 is 0 Å². The van der Waals surface area contributed by atoms with Gasteiger partial charge in [-0.2, -0.15) is 4.98 Å². The molecule has 0 unspecified atom stereocenters. The predicted octanol–water partition coefficient (Wildman–Crippen LogP) is 4.09. The van der Waals surface area contributed by atoms with Crippen LogP contribution in [0.1, 0.15) is 24.3 Å². The first kappa shape index (κ1) is 16.7. The van der Waals surface area contributed by atoms with Crippen LogP contribution in [0.5, 0.6) is 0 Å². The van der Waals surface area contributed by atoms with Crippen LogP contribution in [0, 0.1) is 0 Å². The Morgan fingerprint density at radius 3 is 2.92 bits per heavy atom. The van der Waals surface area contributed by atoms with Gasteiger partial charge < -0.3 is 9.84 Å². The summed E-state index contributed by atoms with van der Waals surface area (Å²) >= 11 is 7.64. The molecule has 1 aromatic carbocycles. The van der Waals surface area contributed by atoms with Gasteiger partial charge in [0.05, 0.1) is 11.4 Å². The summed E-state index contributed by atoms with van der Waals surface area (Å²) in [6.07, 6.45) is 1.94. The van der Waals surface area contributed by atoms with E-state index >= 15 is 0 Å². The van der Waals surface area contributed by atoms with E-state index in [0.717, 1.165) is 28.3 Å². The number of thiophene rings is 1. The monoisotopic (exact) mass is 361 g/mol. The molecule has 0 atom stereocenters. The number of hydrogen-bond acceptors (Lipinski definition) is 5. The molecule has 124 valence electrons. The molecule has 2 heterocycles. The van der Waals surface area contributed by atoms with E-state index in [1.165, 1.54) is 0 Å². The molecule has 0 saturated heterocycles. The summed E-state index contributed by atoms with van der Waals surface area (Å²) in [6, 6.07) is 11.5. The molecule has 2 aromatic heterocycles. The number of hydrogen-bond donors (Lipinski definition) is 1. The highest BCUT2D eigenvalue weighted by Gasteiger charge is 2.10. The van der Waals surface area contributed by atoms with E-state index in [1.54, 1.807) is 11.3 Å². The first-order chi connectivity index (χ1) is 11.7. The maximum absolute atomic E-state index is 11.9. The zero-order valence-electron chi connectivity index (χ0n) is 12.9. The Morgan fingerprint density at radius 1 is 1.25 bits per heavy atom. The molecule has 0 spiro atoms. The van der Waals surface area contributed by atoms with Crippen molar-refractivity contribution in [3.63, 3.8) is 0 Å². The van der Waals surface area contributed by atoms with Crippen molar-refractivity contribution in [1.82, 2.24) is 15.5 Å². The number of benzene rings is 1. The molecule has 0 aliphatic carbocycles. The Hall–Kier alpha value is -2.18. The van der Waals surface area contributed by atoms with Crippen molar-refractivity contribution in [2.45, 2.75) is 25.8 Å². The molecule has 0 aliphatic heterocycles. The van der Waals surface area contributed by atoms with Crippen LogP contribution >= 0.6 is 22.9 Å². The van der Waals surface area contributed by atoms with Gasteiger partial charge in [-0.3, -0.25) is 4.79 Å². The van der Waals surface area contributed by atoms with E-state index in [-0.39, 0.29) is 12.5 Å². The number of nitrogens with zero attached hydrogens (tertiary/aromatic N) is 2. The fraction of sp³-hybridized carbons (Fsp3) is 0.235. The number of rotatable bonds is 7. The minimum absolute atomic E-state index is 0.0436. The largest absolute Gasteiger partial charge is 0.347 e. The minimum Gasteiger partial charge on any atom is -0.347 e. The van der Waals surface area contributed by atoms with Crippen molar-refractivity contribution in [2.75, 3.05) is 0 Å². The summed E-state index contributed by atoms with van der Waals surface area (Å²) in [5.74, 6) is 0.906. The van der Waals surface area contributed by atoms with Crippen molar-refractivity contribution in [2.24, 2.45) is 0 Å². The fourth-order valence-electron chi connectivity index (χ4n) is 2.24. The molecule has 0 fully saturated rings. The number of amides is 1. The number of carbonyl (C=O) groups is 1. The number of carbonyl (C=O) groups excluding carboxylic acids is 1. The normalized spacial score (nSPS) is 10.7. The van der Waals surface area contributed by atoms with Gasteiger partial charge in [0.1, 0.15) is 0 Å².